The number of nitrogens with zero attached hydrogens (tertiary/aromatic N) is 2. The molecule has 6 fully saturated rings. The van der Waals surface area contributed by atoms with Crippen molar-refractivity contribution in [3.05, 3.63) is 64.9 Å². The number of benzene rings is 2. The van der Waals surface area contributed by atoms with Crippen molar-refractivity contribution in [2.45, 2.75) is 110 Å². The van der Waals surface area contributed by atoms with Crippen LogP contribution in [0.25, 0.3) is 10.2 Å². The van der Waals surface area contributed by atoms with Crippen molar-refractivity contribution in [3.63, 3.8) is 0 Å². The fourth-order valence-corrected chi connectivity index (χ4v) is 12.2. The molecule has 0 unspecified atom stereocenters. The molecule has 3 aromatic rings. The van der Waals surface area contributed by atoms with Crippen molar-refractivity contribution >= 4 is 50.8 Å². The minimum absolute atomic E-state index is 0.0201. The lowest BCUT2D eigenvalue weighted by molar-refractivity contribution is -0.146. The molecule has 9 nitrogen and oxygen atoms in total. The van der Waals surface area contributed by atoms with Gasteiger partial charge < -0.3 is 15.5 Å². The van der Waals surface area contributed by atoms with E-state index in [1.165, 1.54) is 43.5 Å². The molecular formula is C43H51FN4O5S. The highest BCUT2D eigenvalue weighted by Crippen LogP contribution is 2.61. The molecule has 5 aliphatic carbocycles. The largest absolute Gasteiger partial charge is 0.344 e. The number of likely N-dealkylation sites (tertiary alicyclic amines) is 1. The molecule has 286 valence electrons. The Morgan fingerprint density at radius 3 is 2.24 bits per heavy atom. The lowest BCUT2D eigenvalue weighted by atomic mass is 9.49. The van der Waals surface area contributed by atoms with Crippen LogP contribution >= 0.6 is 11.3 Å². The Morgan fingerprint density at radius 1 is 0.926 bits per heavy atom. The summed E-state index contributed by atoms with van der Waals surface area (Å²) >= 11 is 1.12. The summed E-state index contributed by atoms with van der Waals surface area (Å²) in [6.45, 7) is 6.22. The predicted molar refractivity (Wildman–Crippen MR) is 204 cm³/mol. The van der Waals surface area contributed by atoms with E-state index in [1.807, 2.05) is 32.9 Å². The van der Waals surface area contributed by atoms with Crippen LogP contribution in [-0.2, 0) is 25.6 Å². The quantitative estimate of drug-likeness (QED) is 0.166. The Balaban J connectivity index is 1.03. The number of amides is 3. The normalized spacial score (nSPS) is 29.5. The highest BCUT2D eigenvalue weighted by molar-refractivity contribution is 7.21. The molecule has 0 radical (unpaired) electrons. The summed E-state index contributed by atoms with van der Waals surface area (Å²) in [4.78, 5) is 76.9. The third-order valence-electron chi connectivity index (χ3n) is 13.3. The third kappa shape index (κ3) is 7.25. The van der Waals surface area contributed by atoms with Gasteiger partial charge in [-0.1, -0.05) is 51.5 Å². The van der Waals surface area contributed by atoms with Crippen molar-refractivity contribution in [2.75, 3.05) is 6.54 Å². The predicted octanol–water partition coefficient (Wildman–Crippen LogP) is 6.68. The molecule has 54 heavy (non-hydrogen) atoms. The lowest BCUT2D eigenvalue weighted by Crippen LogP contribution is -2.60. The number of fused-ring (bicyclic) bond motifs is 2. The summed E-state index contributed by atoms with van der Waals surface area (Å²) in [5.74, 6) is -0.821. The number of carbonyl (C=O) groups is 5. The first-order valence-electron chi connectivity index (χ1n) is 19.8. The number of Topliss-reactive ketones (excluding diaryl/α,β-unsaturated/α-hetero) is 2. The molecule has 9 rings (SSSR count). The fourth-order valence-electron chi connectivity index (χ4n) is 11.3. The highest BCUT2D eigenvalue weighted by Gasteiger charge is 2.54. The number of nitrogens with one attached hydrogen (secondary N) is 2. The second-order valence-corrected chi connectivity index (χ2v) is 19.4. The number of ketones is 2. The van der Waals surface area contributed by atoms with Crippen LogP contribution in [0.15, 0.2) is 48.5 Å². The van der Waals surface area contributed by atoms with E-state index in [9.17, 15) is 28.4 Å². The fraction of sp³-hybridized carbons (Fsp3) is 0.581. The maximum absolute atomic E-state index is 14.7. The van der Waals surface area contributed by atoms with Gasteiger partial charge in [-0.15, -0.1) is 11.3 Å². The average Bonchev–Trinajstić information content (AvgIpc) is 3.84. The minimum Gasteiger partial charge on any atom is -0.344 e. The van der Waals surface area contributed by atoms with Crippen LogP contribution < -0.4 is 10.6 Å². The molecule has 2 aromatic carbocycles. The summed E-state index contributed by atoms with van der Waals surface area (Å²) in [7, 11) is 0. The maximum Gasteiger partial charge on any atom is 0.259 e. The molecule has 4 bridgehead atoms. The zero-order chi connectivity index (χ0) is 37.9. The van der Waals surface area contributed by atoms with Gasteiger partial charge in [0.15, 0.2) is 5.01 Å². The van der Waals surface area contributed by atoms with Crippen LogP contribution in [0.5, 0.6) is 0 Å². The van der Waals surface area contributed by atoms with Crippen LogP contribution in [0.4, 0.5) is 4.39 Å². The zero-order valence-electron chi connectivity index (χ0n) is 31.4. The van der Waals surface area contributed by atoms with Crippen molar-refractivity contribution in [2.24, 2.45) is 40.4 Å². The van der Waals surface area contributed by atoms with Gasteiger partial charge in [-0.3, -0.25) is 24.0 Å². The van der Waals surface area contributed by atoms with Gasteiger partial charge in [0.05, 0.1) is 16.3 Å². The van der Waals surface area contributed by atoms with E-state index in [0.717, 1.165) is 54.6 Å². The number of aromatic nitrogens is 1. The summed E-state index contributed by atoms with van der Waals surface area (Å²) in [5.41, 5.74) is 0.563. The number of hydrogen-bond donors (Lipinski definition) is 2. The smallest absolute Gasteiger partial charge is 0.259 e. The van der Waals surface area contributed by atoms with E-state index in [2.05, 4.69) is 15.6 Å². The Kier molecular flexibility index (Phi) is 9.76. The van der Waals surface area contributed by atoms with E-state index < -0.39 is 46.8 Å². The van der Waals surface area contributed by atoms with E-state index in [4.69, 9.17) is 0 Å². The zero-order valence-corrected chi connectivity index (χ0v) is 32.3. The van der Waals surface area contributed by atoms with Crippen molar-refractivity contribution in [1.29, 1.82) is 0 Å². The lowest BCUT2D eigenvalue weighted by Gasteiger charge is -2.56. The molecule has 1 saturated heterocycles. The van der Waals surface area contributed by atoms with Crippen molar-refractivity contribution in [3.8, 4) is 0 Å². The van der Waals surface area contributed by atoms with Crippen molar-refractivity contribution < 1.29 is 28.4 Å². The molecule has 3 amide bonds. The van der Waals surface area contributed by atoms with Gasteiger partial charge in [-0.25, -0.2) is 9.37 Å². The van der Waals surface area contributed by atoms with Crippen molar-refractivity contribution in [1.82, 2.24) is 20.5 Å². The van der Waals surface area contributed by atoms with Gasteiger partial charge >= 0.3 is 0 Å². The summed E-state index contributed by atoms with van der Waals surface area (Å²) in [6, 6.07) is 9.87. The molecule has 2 N–H and O–H groups in total. The second kappa shape index (κ2) is 14.3. The van der Waals surface area contributed by atoms with Crippen LogP contribution in [0.1, 0.15) is 100 Å². The summed E-state index contributed by atoms with van der Waals surface area (Å²) < 4.78 is 14.6. The van der Waals surface area contributed by atoms with Gasteiger partial charge in [0, 0.05) is 19.4 Å². The number of hydrogen-bond acceptors (Lipinski definition) is 7. The molecule has 1 aliphatic heterocycles. The first-order chi connectivity index (χ1) is 25.7. The van der Waals surface area contributed by atoms with Crippen LogP contribution in [0.2, 0.25) is 0 Å². The van der Waals surface area contributed by atoms with E-state index in [-0.39, 0.29) is 40.5 Å². The monoisotopic (exact) mass is 754 g/mol. The van der Waals surface area contributed by atoms with E-state index in [1.54, 1.807) is 17.0 Å². The Morgan fingerprint density at radius 2 is 1.59 bits per heavy atom. The highest BCUT2D eigenvalue weighted by atomic mass is 32.1. The molecule has 0 spiro atoms. The van der Waals surface area contributed by atoms with Crippen LogP contribution in [0, 0.1) is 46.2 Å². The third-order valence-corrected chi connectivity index (χ3v) is 14.3. The number of carbonyl (C=O) groups excluding carboxylic acids is 5. The van der Waals surface area contributed by atoms with Crippen LogP contribution in [-0.4, -0.2) is 63.8 Å². The molecule has 6 aliphatic rings. The van der Waals surface area contributed by atoms with Gasteiger partial charge in [-0.05, 0) is 122 Å². The number of rotatable bonds is 11. The number of halogens is 1. The standard InChI is InChI=1S/C43H51FN4O5S/c1-42(2,3)38(47-34(49)22-43-19-25-15-26(20-43)17-27(16-25)21-43)41(53)48-23-28-7-6-8-30(28)35(48)39(52)45-32(18-24-11-13-29(44)14-12-24)36(50)37(51)40-46-31-9-4-5-10-33(31)54-40/h4-5,9-14,25-28,30,32,35,38H,6-8,15-23H2,1-3H3,(H,45,52)(H,47,49)/t25?,26?,27?,28-,30-,32-,35-,38+,43?/m0/s1. The maximum atomic E-state index is 14.7. The van der Waals surface area contributed by atoms with Gasteiger partial charge in [0.25, 0.3) is 5.78 Å². The van der Waals surface area contributed by atoms with Gasteiger partial charge in [0.1, 0.15) is 17.9 Å². The Hall–Kier alpha value is -3.99. The first-order valence-corrected chi connectivity index (χ1v) is 20.7. The first kappa shape index (κ1) is 37.0. The summed E-state index contributed by atoms with van der Waals surface area (Å²) in [6.07, 6.45) is 10.1. The van der Waals surface area contributed by atoms with Gasteiger partial charge in [0.2, 0.25) is 23.5 Å². The van der Waals surface area contributed by atoms with Gasteiger partial charge in [-0.2, -0.15) is 0 Å². The Labute approximate surface area is 320 Å². The topological polar surface area (TPSA) is 126 Å². The Bertz CT molecular complexity index is 1900. The van der Waals surface area contributed by atoms with E-state index >= 15 is 0 Å². The molecule has 5 atom stereocenters. The summed E-state index contributed by atoms with van der Waals surface area (Å²) in [5, 5.41) is 6.11. The second-order valence-electron chi connectivity index (χ2n) is 18.3. The van der Waals surface area contributed by atoms with Crippen LogP contribution in [0.3, 0.4) is 0 Å². The van der Waals surface area contributed by atoms with E-state index in [0.29, 0.717) is 41.8 Å². The molecular weight excluding hydrogens is 704 g/mol. The SMILES string of the molecule is CC(C)(C)[C@H](NC(=O)CC12CC3CC(CC(C3)C1)C2)C(=O)N1C[C@@H]2CCC[C@@H]2[C@H]1C(=O)N[C@@H](Cc1ccc(F)cc1)C(=O)C(=O)c1nc2ccccc2s1. The molecule has 11 heteroatoms. The molecule has 5 saturated carbocycles. The molecule has 2 heterocycles. The number of thiazole rings is 1. The average molecular weight is 755 g/mol. The molecule has 1 aromatic heterocycles. The number of para-hydroxylation sites is 1. The minimum atomic E-state index is -1.27.